The third-order valence-corrected chi connectivity index (χ3v) is 5.78. The summed E-state index contributed by atoms with van der Waals surface area (Å²) in [7, 11) is 0. The van der Waals surface area contributed by atoms with Gasteiger partial charge < -0.3 is 20.5 Å². The predicted octanol–water partition coefficient (Wildman–Crippen LogP) is 3.83. The summed E-state index contributed by atoms with van der Waals surface area (Å²) in [4.78, 5) is 18.6. The minimum absolute atomic E-state index is 0.253. The summed E-state index contributed by atoms with van der Waals surface area (Å²) in [6, 6.07) is 5.33. The maximum absolute atomic E-state index is 12.8. The summed E-state index contributed by atoms with van der Waals surface area (Å²) in [5, 5.41) is 3.75. The first kappa shape index (κ1) is 16.7. The second kappa shape index (κ2) is 6.17. The zero-order valence-corrected chi connectivity index (χ0v) is 15.6. The first-order valence-electron chi connectivity index (χ1n) is 8.32. The molecular weight excluding hydrogens is 350 g/mol. The van der Waals surface area contributed by atoms with Crippen molar-refractivity contribution in [3.63, 3.8) is 0 Å². The number of nitrogens with zero attached hydrogens (tertiary/aromatic N) is 1. The van der Waals surface area contributed by atoms with Crippen molar-refractivity contribution in [1.29, 1.82) is 0 Å². The van der Waals surface area contributed by atoms with Crippen molar-refractivity contribution in [3.05, 3.63) is 39.9 Å². The highest BCUT2D eigenvalue weighted by Gasteiger charge is 2.21. The van der Waals surface area contributed by atoms with Crippen molar-refractivity contribution in [3.8, 4) is 11.5 Å². The second-order valence-corrected chi connectivity index (χ2v) is 7.28. The average Bonchev–Trinajstić information content (AvgIpc) is 2.96. The van der Waals surface area contributed by atoms with Gasteiger partial charge in [-0.3, -0.25) is 4.79 Å². The maximum Gasteiger partial charge on any atom is 0.267 e. The number of amides is 1. The Kier molecular flexibility index (Phi) is 3.96. The summed E-state index contributed by atoms with van der Waals surface area (Å²) < 4.78 is 11.1. The number of aromatic nitrogens is 1. The molecule has 0 atom stereocenters. The summed E-state index contributed by atoms with van der Waals surface area (Å²) in [6.45, 7) is 7.02. The van der Waals surface area contributed by atoms with Crippen molar-refractivity contribution in [1.82, 2.24) is 4.98 Å². The Morgan fingerprint density at radius 3 is 2.65 bits per heavy atom. The number of anilines is 2. The van der Waals surface area contributed by atoms with Crippen LogP contribution < -0.4 is 20.5 Å². The third kappa shape index (κ3) is 2.64. The van der Waals surface area contributed by atoms with Gasteiger partial charge in [-0.2, -0.15) is 0 Å². The van der Waals surface area contributed by atoms with E-state index in [0.29, 0.717) is 41.0 Å². The number of nitrogen functional groups attached to an aromatic ring is 1. The van der Waals surface area contributed by atoms with Crippen molar-refractivity contribution >= 4 is 38.8 Å². The number of carbonyl (C=O) groups excluding carboxylic acids is 1. The fraction of sp³-hybridized carbons (Fsp3) is 0.263. The van der Waals surface area contributed by atoms with Crippen LogP contribution in [0, 0.1) is 20.8 Å². The summed E-state index contributed by atoms with van der Waals surface area (Å²) >= 11 is 1.31. The lowest BCUT2D eigenvalue weighted by molar-refractivity contribution is 0.103. The van der Waals surface area contributed by atoms with E-state index < -0.39 is 0 Å². The number of nitrogens with one attached hydrogen (secondary N) is 1. The Bertz CT molecular complexity index is 1040. The van der Waals surface area contributed by atoms with Crippen molar-refractivity contribution in [2.75, 3.05) is 24.3 Å². The summed E-state index contributed by atoms with van der Waals surface area (Å²) in [5.74, 6) is 1.06. The standard InChI is InChI=1S/C19H19N3O3S/c1-9-10(2)15-16(20)17(26-19(15)21-11(9)3)18(23)22-12-4-5-13-14(8-12)25-7-6-24-13/h4-5,8H,6-7,20H2,1-3H3,(H,22,23). The lowest BCUT2D eigenvalue weighted by atomic mass is 10.1. The summed E-state index contributed by atoms with van der Waals surface area (Å²) in [5.41, 5.74) is 10.5. The molecule has 7 heteroatoms. The normalized spacial score (nSPS) is 13.0. The molecule has 0 fully saturated rings. The monoisotopic (exact) mass is 369 g/mol. The molecule has 6 nitrogen and oxygen atoms in total. The molecule has 1 aliphatic rings. The number of carbonyl (C=O) groups is 1. The maximum atomic E-state index is 12.8. The number of fused-ring (bicyclic) bond motifs is 2. The number of hydrogen-bond acceptors (Lipinski definition) is 6. The van der Waals surface area contributed by atoms with Crippen LogP contribution in [0.4, 0.5) is 11.4 Å². The van der Waals surface area contributed by atoms with E-state index in [0.717, 1.165) is 27.0 Å². The molecule has 2 aromatic heterocycles. The highest BCUT2D eigenvalue weighted by atomic mass is 32.1. The highest BCUT2D eigenvalue weighted by Crippen LogP contribution is 2.37. The van der Waals surface area contributed by atoms with E-state index in [9.17, 15) is 4.79 Å². The minimum atomic E-state index is -0.253. The largest absolute Gasteiger partial charge is 0.486 e. The predicted molar refractivity (Wildman–Crippen MR) is 104 cm³/mol. The zero-order chi connectivity index (χ0) is 18.4. The van der Waals surface area contributed by atoms with Crippen molar-refractivity contribution in [2.24, 2.45) is 0 Å². The quantitative estimate of drug-likeness (QED) is 0.717. The van der Waals surface area contributed by atoms with Gasteiger partial charge in [0.15, 0.2) is 11.5 Å². The number of aryl methyl sites for hydroxylation is 2. The number of hydrogen-bond donors (Lipinski definition) is 2. The van der Waals surface area contributed by atoms with Crippen LogP contribution >= 0.6 is 11.3 Å². The van der Waals surface area contributed by atoms with Gasteiger partial charge in [-0.25, -0.2) is 4.98 Å². The van der Waals surface area contributed by atoms with Crippen LogP contribution in [0.1, 0.15) is 26.5 Å². The average molecular weight is 369 g/mol. The van der Waals surface area contributed by atoms with Crippen LogP contribution in [0.25, 0.3) is 10.2 Å². The van der Waals surface area contributed by atoms with Crippen LogP contribution in [0.15, 0.2) is 18.2 Å². The molecule has 3 N–H and O–H groups in total. The minimum Gasteiger partial charge on any atom is -0.486 e. The molecular formula is C19H19N3O3S. The van der Waals surface area contributed by atoms with Crippen LogP contribution in [-0.2, 0) is 0 Å². The summed E-state index contributed by atoms with van der Waals surface area (Å²) in [6.07, 6.45) is 0. The number of nitrogens with two attached hydrogens (primary N) is 1. The molecule has 4 rings (SSSR count). The lowest BCUT2D eigenvalue weighted by Crippen LogP contribution is -2.16. The van der Waals surface area contributed by atoms with E-state index in [4.69, 9.17) is 15.2 Å². The van der Waals surface area contributed by atoms with E-state index in [1.165, 1.54) is 11.3 Å². The Morgan fingerprint density at radius 2 is 1.88 bits per heavy atom. The number of ether oxygens (including phenoxy) is 2. The van der Waals surface area contributed by atoms with E-state index in [-0.39, 0.29) is 5.91 Å². The Hall–Kier alpha value is -2.80. The molecule has 0 aliphatic carbocycles. The van der Waals surface area contributed by atoms with Gasteiger partial charge >= 0.3 is 0 Å². The fourth-order valence-corrected chi connectivity index (χ4v) is 4.14. The first-order chi connectivity index (χ1) is 12.5. The molecule has 0 saturated heterocycles. The SMILES string of the molecule is Cc1nc2sc(C(=O)Nc3ccc4c(c3)OCCO4)c(N)c2c(C)c1C. The topological polar surface area (TPSA) is 86.5 Å². The third-order valence-electron chi connectivity index (χ3n) is 4.68. The molecule has 134 valence electrons. The molecule has 0 bridgehead atoms. The Labute approximate surface area is 154 Å². The van der Waals surface area contributed by atoms with Crippen LogP contribution in [0.2, 0.25) is 0 Å². The molecule has 1 amide bonds. The molecule has 0 spiro atoms. The van der Waals surface area contributed by atoms with Gasteiger partial charge in [0.2, 0.25) is 0 Å². The van der Waals surface area contributed by atoms with Crippen LogP contribution in [-0.4, -0.2) is 24.1 Å². The van der Waals surface area contributed by atoms with Crippen molar-refractivity contribution < 1.29 is 14.3 Å². The number of pyridine rings is 1. The molecule has 1 aliphatic heterocycles. The second-order valence-electron chi connectivity index (χ2n) is 6.28. The molecule has 3 aromatic rings. The smallest absolute Gasteiger partial charge is 0.267 e. The fourth-order valence-electron chi connectivity index (χ4n) is 3.05. The Balaban J connectivity index is 1.68. The van der Waals surface area contributed by atoms with Gasteiger partial charge in [0.25, 0.3) is 5.91 Å². The lowest BCUT2D eigenvalue weighted by Gasteiger charge is -2.18. The Morgan fingerprint density at radius 1 is 1.15 bits per heavy atom. The van der Waals surface area contributed by atoms with Gasteiger partial charge in [0.1, 0.15) is 22.9 Å². The van der Waals surface area contributed by atoms with E-state index in [1.807, 2.05) is 20.8 Å². The van der Waals surface area contributed by atoms with E-state index in [2.05, 4.69) is 10.3 Å². The highest BCUT2D eigenvalue weighted by molar-refractivity contribution is 7.21. The van der Waals surface area contributed by atoms with Gasteiger partial charge in [0.05, 0.1) is 5.69 Å². The molecule has 0 saturated carbocycles. The van der Waals surface area contributed by atoms with Gasteiger partial charge in [-0.15, -0.1) is 11.3 Å². The molecule has 1 aromatic carbocycles. The number of rotatable bonds is 2. The number of thiophene rings is 1. The number of benzene rings is 1. The van der Waals surface area contributed by atoms with Crippen molar-refractivity contribution in [2.45, 2.75) is 20.8 Å². The van der Waals surface area contributed by atoms with E-state index >= 15 is 0 Å². The van der Waals surface area contributed by atoms with Crippen LogP contribution in [0.5, 0.6) is 11.5 Å². The van der Waals surface area contributed by atoms with Gasteiger partial charge in [-0.1, -0.05) is 0 Å². The van der Waals surface area contributed by atoms with E-state index in [1.54, 1.807) is 18.2 Å². The van der Waals surface area contributed by atoms with Crippen LogP contribution in [0.3, 0.4) is 0 Å². The molecule has 0 unspecified atom stereocenters. The van der Waals surface area contributed by atoms with Gasteiger partial charge in [0, 0.05) is 22.8 Å². The zero-order valence-electron chi connectivity index (χ0n) is 14.8. The first-order valence-corrected chi connectivity index (χ1v) is 9.14. The molecule has 3 heterocycles. The molecule has 0 radical (unpaired) electrons. The molecule has 26 heavy (non-hydrogen) atoms. The van der Waals surface area contributed by atoms with Gasteiger partial charge in [-0.05, 0) is 44.0 Å².